The lowest BCUT2D eigenvalue weighted by Crippen LogP contribution is -2.59. The normalized spacial score (nSPS) is 23.5. The molecule has 3 rings (SSSR count). The molecule has 0 radical (unpaired) electrons. The summed E-state index contributed by atoms with van der Waals surface area (Å²) in [5, 5.41) is 7.12. The number of hydrogen-bond acceptors (Lipinski definition) is 5. The number of carboxylic acid groups (broad SMARTS) is 1. The number of aliphatic carboxylic acids is 1. The van der Waals surface area contributed by atoms with E-state index < -0.39 is 12.1 Å². The summed E-state index contributed by atoms with van der Waals surface area (Å²) < 4.78 is 43.7. The lowest BCUT2D eigenvalue weighted by Gasteiger charge is -2.50. The Kier molecular flexibility index (Phi) is 7.88. The molecule has 11 heteroatoms. The van der Waals surface area contributed by atoms with Gasteiger partial charge in [0, 0.05) is 51.5 Å². The predicted molar refractivity (Wildman–Crippen MR) is 100 cm³/mol. The van der Waals surface area contributed by atoms with E-state index in [4.69, 9.17) is 19.4 Å². The van der Waals surface area contributed by atoms with Crippen LogP contribution in [-0.4, -0.2) is 84.6 Å². The maximum Gasteiger partial charge on any atom is 0.490 e. The average molecular weight is 433 g/mol. The maximum absolute atomic E-state index is 12.3. The SMILES string of the molecule is CN(C)C(=O)N1CCC2OCCCC2(COc2ccccn2)C1.O=C(O)C(F)(F)F. The van der Waals surface area contributed by atoms with Gasteiger partial charge in [0.1, 0.15) is 0 Å². The number of piperidine rings is 1. The molecule has 30 heavy (non-hydrogen) atoms. The number of amides is 2. The summed E-state index contributed by atoms with van der Waals surface area (Å²) in [6.07, 6.45) is -0.310. The summed E-state index contributed by atoms with van der Waals surface area (Å²) in [7, 11) is 3.59. The minimum absolute atomic E-state index is 0.0613. The lowest BCUT2D eigenvalue weighted by molar-refractivity contribution is -0.192. The largest absolute Gasteiger partial charge is 0.490 e. The van der Waals surface area contributed by atoms with E-state index in [0.29, 0.717) is 19.0 Å². The van der Waals surface area contributed by atoms with E-state index >= 15 is 0 Å². The van der Waals surface area contributed by atoms with Crippen LogP contribution in [0.5, 0.6) is 5.88 Å². The van der Waals surface area contributed by atoms with Crippen molar-refractivity contribution in [1.82, 2.24) is 14.8 Å². The van der Waals surface area contributed by atoms with Crippen LogP contribution in [0, 0.1) is 5.41 Å². The molecule has 1 aromatic heterocycles. The van der Waals surface area contributed by atoms with Gasteiger partial charge in [-0.3, -0.25) is 0 Å². The Bertz CT molecular complexity index is 717. The third-order valence-corrected chi connectivity index (χ3v) is 5.03. The standard InChI is InChI=1S/C17H25N3O3.C2HF3O2/c1-19(2)16(21)20-10-7-14-17(12-20,8-5-11-22-14)13-23-15-6-3-4-9-18-15;3-2(4,5)1(6)7/h3-4,6,9,14H,5,7-8,10-13H2,1-2H3;(H,6,7). The molecule has 2 unspecified atom stereocenters. The second kappa shape index (κ2) is 9.96. The van der Waals surface area contributed by atoms with Crippen LogP contribution in [0.3, 0.4) is 0 Å². The predicted octanol–water partition coefficient (Wildman–Crippen LogP) is 2.65. The molecule has 2 saturated heterocycles. The number of ether oxygens (including phenoxy) is 2. The molecular formula is C19H26F3N3O5. The van der Waals surface area contributed by atoms with E-state index in [1.54, 1.807) is 25.2 Å². The van der Waals surface area contributed by atoms with Crippen LogP contribution in [0.25, 0.3) is 0 Å². The molecule has 1 aromatic rings. The number of urea groups is 1. The first kappa shape index (κ1) is 23.7. The van der Waals surface area contributed by atoms with Crippen molar-refractivity contribution in [3.8, 4) is 5.88 Å². The highest BCUT2D eigenvalue weighted by molar-refractivity contribution is 5.74. The number of halogens is 3. The van der Waals surface area contributed by atoms with Crippen LogP contribution in [0.15, 0.2) is 24.4 Å². The van der Waals surface area contributed by atoms with Gasteiger partial charge in [0.25, 0.3) is 0 Å². The fourth-order valence-corrected chi connectivity index (χ4v) is 3.60. The Morgan fingerprint density at radius 3 is 2.67 bits per heavy atom. The molecule has 2 aliphatic rings. The number of nitrogens with zero attached hydrogens (tertiary/aromatic N) is 3. The number of carbonyl (C=O) groups is 2. The minimum atomic E-state index is -5.08. The number of hydrogen-bond donors (Lipinski definition) is 1. The van der Waals surface area contributed by atoms with E-state index in [1.165, 1.54) is 0 Å². The van der Waals surface area contributed by atoms with Crippen molar-refractivity contribution in [3.63, 3.8) is 0 Å². The number of alkyl halides is 3. The van der Waals surface area contributed by atoms with Gasteiger partial charge in [0.15, 0.2) is 0 Å². The Labute approximate surface area is 172 Å². The van der Waals surface area contributed by atoms with E-state index in [9.17, 15) is 18.0 Å². The molecular weight excluding hydrogens is 407 g/mol. The molecule has 0 saturated carbocycles. The van der Waals surface area contributed by atoms with Crippen molar-refractivity contribution >= 4 is 12.0 Å². The summed E-state index contributed by atoms with van der Waals surface area (Å²) >= 11 is 0. The van der Waals surface area contributed by atoms with Gasteiger partial charge in [-0.2, -0.15) is 13.2 Å². The van der Waals surface area contributed by atoms with Gasteiger partial charge in [-0.1, -0.05) is 6.07 Å². The molecule has 2 fully saturated rings. The van der Waals surface area contributed by atoms with Crippen molar-refractivity contribution < 1.29 is 37.3 Å². The van der Waals surface area contributed by atoms with Crippen LogP contribution in [-0.2, 0) is 9.53 Å². The molecule has 8 nitrogen and oxygen atoms in total. The zero-order valence-electron chi connectivity index (χ0n) is 16.9. The van der Waals surface area contributed by atoms with E-state index in [-0.39, 0.29) is 17.6 Å². The summed E-state index contributed by atoms with van der Waals surface area (Å²) in [5.41, 5.74) is -0.139. The molecule has 0 aromatic carbocycles. The van der Waals surface area contributed by atoms with Crippen LogP contribution in [0.2, 0.25) is 0 Å². The fraction of sp³-hybridized carbons (Fsp3) is 0.632. The molecule has 0 bridgehead atoms. The Hall–Kier alpha value is -2.56. The zero-order chi connectivity index (χ0) is 22.4. The second-order valence-electron chi connectivity index (χ2n) is 7.47. The maximum atomic E-state index is 12.3. The Morgan fingerprint density at radius 2 is 2.10 bits per heavy atom. The second-order valence-corrected chi connectivity index (χ2v) is 7.47. The number of carboxylic acids is 1. The molecule has 0 spiro atoms. The van der Waals surface area contributed by atoms with Gasteiger partial charge in [0.05, 0.1) is 12.7 Å². The summed E-state index contributed by atoms with van der Waals surface area (Å²) in [4.78, 5) is 29.0. The van der Waals surface area contributed by atoms with E-state index in [1.807, 2.05) is 23.1 Å². The van der Waals surface area contributed by atoms with Crippen molar-refractivity contribution in [1.29, 1.82) is 0 Å². The van der Waals surface area contributed by atoms with Gasteiger partial charge < -0.3 is 24.4 Å². The molecule has 2 amide bonds. The average Bonchev–Trinajstić information content (AvgIpc) is 2.71. The molecule has 0 aliphatic carbocycles. The molecule has 2 atom stereocenters. The van der Waals surface area contributed by atoms with Crippen LogP contribution >= 0.6 is 0 Å². The third-order valence-electron chi connectivity index (χ3n) is 5.03. The fourth-order valence-electron chi connectivity index (χ4n) is 3.60. The van der Waals surface area contributed by atoms with Crippen LogP contribution < -0.4 is 4.74 Å². The highest BCUT2D eigenvalue weighted by Gasteiger charge is 2.48. The number of fused-ring (bicyclic) bond motifs is 1. The first-order valence-electron chi connectivity index (χ1n) is 9.47. The van der Waals surface area contributed by atoms with E-state index in [0.717, 1.165) is 32.4 Å². The van der Waals surface area contributed by atoms with Gasteiger partial charge in [-0.25, -0.2) is 14.6 Å². The number of pyridine rings is 1. The van der Waals surface area contributed by atoms with Crippen molar-refractivity contribution in [3.05, 3.63) is 24.4 Å². The van der Waals surface area contributed by atoms with Gasteiger partial charge in [-0.15, -0.1) is 0 Å². The third kappa shape index (κ3) is 6.22. The quantitative estimate of drug-likeness (QED) is 0.788. The summed E-state index contributed by atoms with van der Waals surface area (Å²) in [5.74, 6) is -2.13. The van der Waals surface area contributed by atoms with Crippen molar-refractivity contribution in [2.45, 2.75) is 31.5 Å². The Balaban J connectivity index is 0.000000396. The van der Waals surface area contributed by atoms with Gasteiger partial charge in [-0.05, 0) is 25.3 Å². The highest BCUT2D eigenvalue weighted by atomic mass is 19.4. The molecule has 2 aliphatic heterocycles. The zero-order valence-corrected chi connectivity index (χ0v) is 16.9. The summed E-state index contributed by atoms with van der Waals surface area (Å²) in [6, 6.07) is 5.71. The minimum Gasteiger partial charge on any atom is -0.477 e. The first-order chi connectivity index (χ1) is 14.0. The summed E-state index contributed by atoms with van der Waals surface area (Å²) in [6.45, 7) is 2.76. The number of likely N-dealkylation sites (tertiary alicyclic amines) is 1. The van der Waals surface area contributed by atoms with E-state index in [2.05, 4.69) is 4.98 Å². The number of aromatic nitrogens is 1. The van der Waals surface area contributed by atoms with Gasteiger partial charge >= 0.3 is 18.2 Å². The Morgan fingerprint density at radius 1 is 1.40 bits per heavy atom. The first-order valence-corrected chi connectivity index (χ1v) is 9.47. The van der Waals surface area contributed by atoms with Gasteiger partial charge in [0.2, 0.25) is 5.88 Å². The van der Waals surface area contributed by atoms with Crippen molar-refractivity contribution in [2.24, 2.45) is 5.41 Å². The number of carbonyl (C=O) groups excluding carboxylic acids is 1. The van der Waals surface area contributed by atoms with Crippen molar-refractivity contribution in [2.75, 3.05) is 40.4 Å². The van der Waals surface area contributed by atoms with Crippen LogP contribution in [0.1, 0.15) is 19.3 Å². The number of rotatable bonds is 3. The molecule has 1 N–H and O–H groups in total. The monoisotopic (exact) mass is 433 g/mol. The lowest BCUT2D eigenvalue weighted by atomic mass is 9.73. The molecule has 3 heterocycles. The van der Waals surface area contributed by atoms with Crippen LogP contribution in [0.4, 0.5) is 18.0 Å². The smallest absolute Gasteiger partial charge is 0.477 e. The topological polar surface area (TPSA) is 92.2 Å². The molecule has 168 valence electrons. The highest BCUT2D eigenvalue weighted by Crippen LogP contribution is 2.40.